The van der Waals surface area contributed by atoms with E-state index in [1.54, 1.807) is 6.07 Å². The summed E-state index contributed by atoms with van der Waals surface area (Å²) in [5, 5.41) is 20.5. The number of carboxylic acid groups (broad SMARTS) is 1. The SMILES string of the molecule is Nc1c(Sc2ccc(C(=O)O)cc2[N+](=O)[O-])ccc(Cl)c1Cl. The van der Waals surface area contributed by atoms with Crippen LogP contribution in [0.1, 0.15) is 10.4 Å². The molecule has 0 atom stereocenters. The molecule has 0 spiro atoms. The van der Waals surface area contributed by atoms with E-state index in [-0.39, 0.29) is 31.9 Å². The number of nitrogens with zero attached hydrogens (tertiary/aromatic N) is 1. The standard InChI is InChI=1S/C13H8Cl2N2O4S/c14-7-2-4-10(12(16)11(7)15)22-9-3-1-6(13(18)19)5-8(9)17(20)21/h1-5H,16H2,(H,18,19). The van der Waals surface area contributed by atoms with Crippen molar-refractivity contribution in [1.82, 2.24) is 0 Å². The number of anilines is 1. The minimum absolute atomic E-state index is 0.163. The number of nitro groups is 1. The molecule has 22 heavy (non-hydrogen) atoms. The summed E-state index contributed by atoms with van der Waals surface area (Å²) < 4.78 is 0. The van der Waals surface area contributed by atoms with Crippen LogP contribution < -0.4 is 5.73 Å². The third kappa shape index (κ3) is 3.27. The van der Waals surface area contributed by atoms with Crippen LogP contribution in [0.2, 0.25) is 10.0 Å². The maximum absolute atomic E-state index is 11.1. The molecular formula is C13H8Cl2N2O4S. The van der Waals surface area contributed by atoms with Crippen molar-refractivity contribution in [1.29, 1.82) is 0 Å². The third-order valence-corrected chi connectivity index (χ3v) is 4.68. The normalized spacial score (nSPS) is 10.5. The van der Waals surface area contributed by atoms with Crippen LogP contribution in [0.3, 0.4) is 0 Å². The highest BCUT2D eigenvalue weighted by molar-refractivity contribution is 7.99. The van der Waals surface area contributed by atoms with Gasteiger partial charge in [-0.2, -0.15) is 0 Å². The van der Waals surface area contributed by atoms with Gasteiger partial charge in [0, 0.05) is 11.0 Å². The Hall–Kier alpha value is -1.96. The van der Waals surface area contributed by atoms with Crippen molar-refractivity contribution in [3.63, 3.8) is 0 Å². The summed E-state index contributed by atoms with van der Waals surface area (Å²) in [4.78, 5) is 22.1. The molecule has 0 saturated heterocycles. The van der Waals surface area contributed by atoms with Crippen LogP contribution in [0.5, 0.6) is 0 Å². The largest absolute Gasteiger partial charge is 0.478 e. The van der Waals surface area contributed by atoms with Crippen molar-refractivity contribution >= 4 is 52.3 Å². The summed E-state index contributed by atoms with van der Waals surface area (Å²) in [5.74, 6) is -1.24. The zero-order valence-corrected chi connectivity index (χ0v) is 13.1. The van der Waals surface area contributed by atoms with Crippen LogP contribution in [0.25, 0.3) is 0 Å². The number of rotatable bonds is 4. The van der Waals surface area contributed by atoms with Gasteiger partial charge in [0.2, 0.25) is 0 Å². The highest BCUT2D eigenvalue weighted by Crippen LogP contribution is 2.42. The Bertz CT molecular complexity index is 783. The Labute approximate surface area is 139 Å². The van der Waals surface area contributed by atoms with E-state index in [1.165, 1.54) is 18.2 Å². The fourth-order valence-corrected chi connectivity index (χ4v) is 2.98. The predicted molar refractivity (Wildman–Crippen MR) is 85.1 cm³/mol. The molecule has 0 bridgehead atoms. The number of carbonyl (C=O) groups is 1. The number of carboxylic acids is 1. The molecule has 0 aliphatic heterocycles. The number of halogens is 2. The molecule has 0 aliphatic rings. The summed E-state index contributed by atoms with van der Waals surface area (Å²) in [5.41, 5.74) is 5.55. The number of benzene rings is 2. The van der Waals surface area contributed by atoms with E-state index in [4.69, 9.17) is 34.0 Å². The lowest BCUT2D eigenvalue weighted by Gasteiger charge is -2.09. The minimum Gasteiger partial charge on any atom is -0.478 e. The van der Waals surface area contributed by atoms with E-state index < -0.39 is 10.9 Å². The van der Waals surface area contributed by atoms with Crippen molar-refractivity contribution in [3.8, 4) is 0 Å². The van der Waals surface area contributed by atoms with Gasteiger partial charge >= 0.3 is 5.97 Å². The molecule has 3 N–H and O–H groups in total. The average molecular weight is 359 g/mol. The van der Waals surface area contributed by atoms with Gasteiger partial charge in [0.15, 0.2) is 0 Å². The van der Waals surface area contributed by atoms with Crippen LogP contribution in [0.4, 0.5) is 11.4 Å². The molecular weight excluding hydrogens is 351 g/mol. The average Bonchev–Trinajstić information content (AvgIpc) is 2.47. The second kappa shape index (κ2) is 6.43. The zero-order valence-electron chi connectivity index (χ0n) is 10.7. The van der Waals surface area contributed by atoms with Gasteiger partial charge in [-0.3, -0.25) is 10.1 Å². The molecule has 0 heterocycles. The van der Waals surface area contributed by atoms with Crippen molar-refractivity contribution in [2.24, 2.45) is 0 Å². The fraction of sp³-hybridized carbons (Fsp3) is 0. The quantitative estimate of drug-likeness (QED) is 0.478. The number of nitrogen functional groups attached to an aromatic ring is 1. The second-order valence-corrected chi connectivity index (χ2v) is 5.99. The van der Waals surface area contributed by atoms with Crippen molar-refractivity contribution < 1.29 is 14.8 Å². The summed E-state index contributed by atoms with van der Waals surface area (Å²) >= 11 is 12.8. The van der Waals surface area contributed by atoms with Crippen LogP contribution in [0, 0.1) is 10.1 Å². The van der Waals surface area contributed by atoms with Crippen LogP contribution >= 0.6 is 35.0 Å². The molecule has 9 heteroatoms. The molecule has 0 aromatic heterocycles. The first kappa shape index (κ1) is 16.4. The first-order valence-electron chi connectivity index (χ1n) is 5.74. The summed E-state index contributed by atoms with van der Waals surface area (Å²) in [6.07, 6.45) is 0. The molecule has 0 radical (unpaired) electrons. The first-order chi connectivity index (χ1) is 10.3. The minimum atomic E-state index is -1.24. The highest BCUT2D eigenvalue weighted by atomic mass is 35.5. The number of hydrogen-bond donors (Lipinski definition) is 2. The lowest BCUT2D eigenvalue weighted by Crippen LogP contribution is -1.99. The van der Waals surface area contributed by atoms with E-state index >= 15 is 0 Å². The molecule has 2 rings (SSSR count). The highest BCUT2D eigenvalue weighted by Gasteiger charge is 2.19. The van der Waals surface area contributed by atoms with Gasteiger partial charge in [0.25, 0.3) is 5.69 Å². The number of nitrogens with two attached hydrogens (primary N) is 1. The van der Waals surface area contributed by atoms with Gasteiger partial charge in [-0.1, -0.05) is 35.0 Å². The van der Waals surface area contributed by atoms with E-state index in [2.05, 4.69) is 0 Å². The van der Waals surface area contributed by atoms with Gasteiger partial charge in [-0.05, 0) is 24.3 Å². The smallest absolute Gasteiger partial charge is 0.335 e. The van der Waals surface area contributed by atoms with E-state index in [0.29, 0.717) is 4.90 Å². The monoisotopic (exact) mass is 358 g/mol. The van der Waals surface area contributed by atoms with Gasteiger partial charge in [-0.25, -0.2) is 4.79 Å². The zero-order chi connectivity index (χ0) is 16.4. The third-order valence-electron chi connectivity index (χ3n) is 2.72. The van der Waals surface area contributed by atoms with E-state index in [1.807, 2.05) is 0 Å². The van der Waals surface area contributed by atoms with Crippen molar-refractivity contribution in [3.05, 3.63) is 56.1 Å². The van der Waals surface area contributed by atoms with Gasteiger partial charge in [0.05, 0.1) is 31.1 Å². The Morgan fingerprint density at radius 1 is 1.23 bits per heavy atom. The van der Waals surface area contributed by atoms with Crippen LogP contribution in [-0.2, 0) is 0 Å². The number of aromatic carboxylic acids is 1. The Morgan fingerprint density at radius 3 is 2.45 bits per heavy atom. The van der Waals surface area contributed by atoms with E-state index in [0.717, 1.165) is 17.8 Å². The van der Waals surface area contributed by atoms with Crippen molar-refractivity contribution in [2.45, 2.75) is 9.79 Å². The molecule has 2 aromatic rings. The lowest BCUT2D eigenvalue weighted by atomic mass is 10.2. The number of hydrogen-bond acceptors (Lipinski definition) is 5. The predicted octanol–water partition coefficient (Wildman–Crippen LogP) is 4.33. The Balaban J connectivity index is 2.48. The van der Waals surface area contributed by atoms with Gasteiger partial charge < -0.3 is 10.8 Å². The second-order valence-electron chi connectivity index (χ2n) is 4.12. The lowest BCUT2D eigenvalue weighted by molar-refractivity contribution is -0.387. The Morgan fingerprint density at radius 2 is 1.86 bits per heavy atom. The Kier molecular flexibility index (Phi) is 4.80. The maximum atomic E-state index is 11.1. The molecule has 0 aliphatic carbocycles. The maximum Gasteiger partial charge on any atom is 0.335 e. The summed E-state index contributed by atoms with van der Waals surface area (Å²) in [7, 11) is 0. The van der Waals surface area contributed by atoms with Crippen LogP contribution in [0.15, 0.2) is 40.1 Å². The fourth-order valence-electron chi connectivity index (χ4n) is 1.64. The molecule has 6 nitrogen and oxygen atoms in total. The molecule has 0 amide bonds. The van der Waals surface area contributed by atoms with Crippen LogP contribution in [-0.4, -0.2) is 16.0 Å². The molecule has 2 aromatic carbocycles. The van der Waals surface area contributed by atoms with Gasteiger partial charge in [0.1, 0.15) is 0 Å². The molecule has 0 saturated carbocycles. The first-order valence-corrected chi connectivity index (χ1v) is 7.31. The van der Waals surface area contributed by atoms with Crippen molar-refractivity contribution in [2.75, 3.05) is 5.73 Å². The van der Waals surface area contributed by atoms with Gasteiger partial charge in [-0.15, -0.1) is 0 Å². The summed E-state index contributed by atoms with van der Waals surface area (Å²) in [6, 6.07) is 6.75. The van der Waals surface area contributed by atoms with E-state index in [9.17, 15) is 14.9 Å². The topological polar surface area (TPSA) is 106 Å². The molecule has 114 valence electrons. The molecule has 0 fully saturated rings. The molecule has 0 unspecified atom stereocenters. The summed E-state index contributed by atoms with van der Waals surface area (Å²) in [6.45, 7) is 0. The number of nitro benzene ring substituents is 1.